The highest BCUT2D eigenvalue weighted by Crippen LogP contribution is 1.79. The van der Waals surface area contributed by atoms with E-state index in [0.29, 0.717) is 0 Å². The van der Waals surface area contributed by atoms with Crippen LogP contribution in [-0.2, 0) is 0 Å². The van der Waals surface area contributed by atoms with Crippen molar-refractivity contribution in [2.24, 2.45) is 0 Å². The Bertz CT molecular complexity index is 66.4. The van der Waals surface area contributed by atoms with Crippen LogP contribution < -0.4 is 0 Å². The highest BCUT2D eigenvalue weighted by Gasteiger charge is 1.74. The van der Waals surface area contributed by atoms with Crippen molar-refractivity contribution >= 4 is 0 Å². The first-order valence-electron chi connectivity index (χ1n) is 2.23. The van der Waals surface area contributed by atoms with Gasteiger partial charge in [-0.3, -0.25) is 0 Å². The van der Waals surface area contributed by atoms with Crippen LogP contribution in [-0.4, -0.2) is 7.05 Å². The Labute approximate surface area is 60.9 Å². The average Bonchev–Trinajstić information content (AvgIpc) is 1.61. The van der Waals surface area contributed by atoms with Crippen LogP contribution in [0.2, 0.25) is 0 Å². The van der Waals surface area contributed by atoms with Crippen LogP contribution in [0.4, 0.5) is 0 Å². The van der Waals surface area contributed by atoms with Gasteiger partial charge in [-0.25, -0.2) is 0 Å². The smallest absolute Gasteiger partial charge is 0.0870 e. The van der Waals surface area contributed by atoms with Crippen molar-refractivity contribution < 1.29 is 0 Å². The van der Waals surface area contributed by atoms with Crippen LogP contribution in [0.15, 0.2) is 0 Å². The Morgan fingerprint density at radius 3 is 1.78 bits per heavy atom. The van der Waals surface area contributed by atoms with E-state index >= 15 is 0 Å². The summed E-state index contributed by atoms with van der Waals surface area (Å²) in [5.74, 6) is 0. The zero-order valence-corrected chi connectivity index (χ0v) is 4.36. The van der Waals surface area contributed by atoms with Crippen molar-refractivity contribution in [3.8, 4) is 6.07 Å². The molecule has 9 heavy (non-hydrogen) atoms. The van der Waals surface area contributed by atoms with Crippen molar-refractivity contribution in [1.29, 1.82) is 0 Å². The number of rotatable bonds is 1. The lowest BCUT2D eigenvalue weighted by molar-refractivity contribution is 0.981. The second-order valence-corrected chi connectivity index (χ2v) is 1.13. The summed E-state index contributed by atoms with van der Waals surface area (Å²) >= 11 is 0. The van der Waals surface area contributed by atoms with Crippen LogP contribution in [0.3, 0.4) is 0 Å². The molecule has 0 fully saturated rings. The number of hydrogen-bond acceptors (Lipinski definition) is 0. The summed E-state index contributed by atoms with van der Waals surface area (Å²) < 4.78 is 0. The molecule has 0 spiro atoms. The Kier molecular flexibility index (Phi) is 68.0. The maximum Gasteiger partial charge on any atom is 0.272 e. The van der Waals surface area contributed by atoms with Crippen molar-refractivity contribution in [3.63, 3.8) is 0 Å². The van der Waals surface area contributed by atoms with E-state index in [1.807, 2.05) is 0 Å². The largest absolute Gasteiger partial charge is 0.272 e. The molecular formula is C8H22N+. The average molecular weight is 132 g/mol. The minimum Gasteiger partial charge on any atom is -0.0870 e. The fourth-order valence-corrected chi connectivity index (χ4v) is 0.224. The molecule has 0 aromatic heterocycles. The lowest BCUT2D eigenvalue weighted by Gasteiger charge is -1.62. The van der Waals surface area contributed by atoms with E-state index in [0.717, 1.165) is 12.8 Å². The summed E-state index contributed by atoms with van der Waals surface area (Å²) in [6, 6.07) is 2.82. The standard InChI is InChI=1S/C5H10N.3CH4/c1-3-4-5-6-2;;;/h3-4H2,1-2H3;3*1H4/q+1;;;. The highest BCUT2D eigenvalue weighted by atomic mass is 14.6. The molecule has 1 heteroatoms. The second-order valence-electron chi connectivity index (χ2n) is 1.13. The molecule has 0 atom stereocenters. The third-order valence-corrected chi connectivity index (χ3v) is 0.520. The lowest BCUT2D eigenvalue weighted by Crippen LogP contribution is -1.55. The van der Waals surface area contributed by atoms with E-state index in [9.17, 15) is 0 Å². The molecular weight excluding hydrogens is 110 g/mol. The van der Waals surface area contributed by atoms with Gasteiger partial charge >= 0.3 is 0 Å². The highest BCUT2D eigenvalue weighted by molar-refractivity contribution is 4.81. The van der Waals surface area contributed by atoms with Gasteiger partial charge < -0.3 is 0 Å². The number of nitrogens with zero attached hydrogens (tertiary/aromatic N) is 1. The maximum atomic E-state index is 3.68. The molecule has 0 rings (SSSR count). The number of unbranched alkanes of at least 4 members (excludes halogenated alkanes) is 1. The van der Waals surface area contributed by atoms with Gasteiger partial charge in [0.15, 0.2) is 0 Å². The molecule has 0 saturated heterocycles. The summed E-state index contributed by atoms with van der Waals surface area (Å²) in [5.41, 5.74) is 0. The fourth-order valence-electron chi connectivity index (χ4n) is 0.224. The van der Waals surface area contributed by atoms with Crippen molar-refractivity contribution in [2.75, 3.05) is 7.05 Å². The molecule has 0 aliphatic carbocycles. The van der Waals surface area contributed by atoms with E-state index in [1.165, 1.54) is 0 Å². The van der Waals surface area contributed by atoms with Crippen molar-refractivity contribution in [2.45, 2.75) is 42.0 Å². The van der Waals surface area contributed by atoms with Crippen LogP contribution >= 0.6 is 0 Å². The molecule has 0 radical (unpaired) electrons. The van der Waals surface area contributed by atoms with Gasteiger partial charge in [0.2, 0.25) is 0 Å². The Balaban J connectivity index is -0.0000000417. The maximum absolute atomic E-state index is 3.68. The Hall–Kier alpha value is -0.510. The van der Waals surface area contributed by atoms with Gasteiger partial charge in [0.25, 0.3) is 13.1 Å². The van der Waals surface area contributed by atoms with Crippen LogP contribution in [0.5, 0.6) is 0 Å². The van der Waals surface area contributed by atoms with Gasteiger partial charge in [-0.2, -0.15) is 0 Å². The molecule has 1 nitrogen and oxygen atoms in total. The predicted octanol–water partition coefficient (Wildman–Crippen LogP) is 3.66. The van der Waals surface area contributed by atoms with E-state index in [-0.39, 0.29) is 22.3 Å². The summed E-state index contributed by atoms with van der Waals surface area (Å²) in [5, 5.41) is 0. The molecule has 0 aliphatic rings. The van der Waals surface area contributed by atoms with Gasteiger partial charge in [-0.15, -0.1) is 0 Å². The second kappa shape index (κ2) is 25.9. The quantitative estimate of drug-likeness (QED) is 0.513. The molecule has 0 amide bonds. The van der Waals surface area contributed by atoms with E-state index in [1.54, 1.807) is 7.05 Å². The van der Waals surface area contributed by atoms with Gasteiger partial charge in [0.1, 0.15) is 0 Å². The van der Waals surface area contributed by atoms with Gasteiger partial charge in [0, 0.05) is 0 Å². The molecule has 0 saturated carbocycles. The predicted molar refractivity (Wildman–Crippen MR) is 48.3 cm³/mol. The summed E-state index contributed by atoms with van der Waals surface area (Å²) in [6.45, 7) is 2.11. The first-order valence-corrected chi connectivity index (χ1v) is 2.23. The first kappa shape index (κ1) is 23.6. The minimum absolute atomic E-state index is 0. The van der Waals surface area contributed by atoms with E-state index in [4.69, 9.17) is 0 Å². The first-order chi connectivity index (χ1) is 2.91. The normalized spacial score (nSPS) is 4.22. The van der Waals surface area contributed by atoms with Crippen LogP contribution in [0, 0.1) is 6.07 Å². The van der Waals surface area contributed by atoms with Crippen molar-refractivity contribution in [3.05, 3.63) is 4.85 Å². The molecule has 0 aromatic rings. The zero-order chi connectivity index (χ0) is 4.83. The van der Waals surface area contributed by atoms with Crippen LogP contribution in [0.25, 0.3) is 4.85 Å². The molecule has 0 aromatic carbocycles. The third-order valence-electron chi connectivity index (χ3n) is 0.520. The van der Waals surface area contributed by atoms with Gasteiger partial charge in [0.05, 0.1) is 6.42 Å². The van der Waals surface area contributed by atoms with E-state index in [2.05, 4.69) is 17.8 Å². The Morgan fingerprint density at radius 2 is 1.67 bits per heavy atom. The topological polar surface area (TPSA) is 4.36 Å². The fraction of sp³-hybridized carbons (Fsp3) is 0.875. The minimum atomic E-state index is 0. The van der Waals surface area contributed by atoms with Gasteiger partial charge in [-0.05, 0) is 6.42 Å². The number of hydrogen-bond donors (Lipinski definition) is 0. The summed E-state index contributed by atoms with van der Waals surface area (Å²) in [4.78, 5) is 3.68. The molecule has 0 unspecified atom stereocenters. The molecule has 0 N–H and O–H groups in total. The summed E-state index contributed by atoms with van der Waals surface area (Å²) in [6.07, 6.45) is 2.15. The molecule has 0 bridgehead atoms. The molecule has 58 valence electrons. The van der Waals surface area contributed by atoms with Gasteiger partial charge in [-0.1, -0.05) is 34.0 Å². The SMILES string of the molecule is C.C.C.CCCC#[N+]C. The molecule has 0 aliphatic heterocycles. The third kappa shape index (κ3) is 36.4. The Morgan fingerprint density at radius 1 is 1.22 bits per heavy atom. The summed E-state index contributed by atoms with van der Waals surface area (Å²) in [7, 11) is 1.75. The molecule has 0 heterocycles. The van der Waals surface area contributed by atoms with Crippen molar-refractivity contribution in [1.82, 2.24) is 0 Å². The zero-order valence-electron chi connectivity index (χ0n) is 4.36. The monoisotopic (exact) mass is 132 g/mol. The van der Waals surface area contributed by atoms with E-state index < -0.39 is 0 Å². The lowest BCUT2D eigenvalue weighted by atomic mass is 10.4. The van der Waals surface area contributed by atoms with Crippen LogP contribution in [0.1, 0.15) is 42.0 Å².